The maximum absolute atomic E-state index is 10.8. The standard InChI is InChI=1S/C12H24O2S/c1-3-4-5-6-7-8-10-15-11-9-12(13)14-2/h3-11H2,1-2H3. The van der Waals surface area contributed by atoms with E-state index in [9.17, 15) is 4.79 Å². The van der Waals surface area contributed by atoms with Crippen LogP contribution >= 0.6 is 11.8 Å². The number of thioether (sulfide) groups is 1. The van der Waals surface area contributed by atoms with E-state index in [4.69, 9.17) is 0 Å². The molecule has 0 radical (unpaired) electrons. The zero-order valence-electron chi connectivity index (χ0n) is 10.1. The van der Waals surface area contributed by atoms with Crippen molar-refractivity contribution in [2.75, 3.05) is 18.6 Å². The number of carbonyl (C=O) groups is 1. The second-order valence-electron chi connectivity index (χ2n) is 3.71. The molecule has 3 heteroatoms. The molecule has 0 aliphatic heterocycles. The van der Waals surface area contributed by atoms with Crippen molar-refractivity contribution in [3.8, 4) is 0 Å². The molecule has 0 aromatic rings. The summed E-state index contributed by atoms with van der Waals surface area (Å²) in [6.45, 7) is 2.24. The van der Waals surface area contributed by atoms with E-state index in [1.165, 1.54) is 51.4 Å². The minimum absolute atomic E-state index is 0.0922. The van der Waals surface area contributed by atoms with Crippen LogP contribution in [-0.2, 0) is 9.53 Å². The Labute approximate surface area is 98.2 Å². The molecule has 0 aromatic carbocycles. The van der Waals surface area contributed by atoms with Crippen molar-refractivity contribution in [3.63, 3.8) is 0 Å². The molecular weight excluding hydrogens is 208 g/mol. The fourth-order valence-electron chi connectivity index (χ4n) is 1.34. The van der Waals surface area contributed by atoms with Crippen LogP contribution in [0.25, 0.3) is 0 Å². The normalized spacial score (nSPS) is 10.3. The summed E-state index contributed by atoms with van der Waals surface area (Å²) in [7, 11) is 1.45. The van der Waals surface area contributed by atoms with Crippen LogP contribution in [0.3, 0.4) is 0 Å². The lowest BCUT2D eigenvalue weighted by molar-refractivity contribution is -0.140. The Morgan fingerprint density at radius 3 is 2.40 bits per heavy atom. The first-order valence-corrected chi connectivity index (χ1v) is 7.11. The summed E-state index contributed by atoms with van der Waals surface area (Å²) in [5.74, 6) is 2.00. The van der Waals surface area contributed by atoms with Gasteiger partial charge in [-0.25, -0.2) is 0 Å². The van der Waals surface area contributed by atoms with E-state index >= 15 is 0 Å². The van der Waals surface area contributed by atoms with Gasteiger partial charge in [-0.1, -0.05) is 39.0 Å². The van der Waals surface area contributed by atoms with Gasteiger partial charge in [-0.05, 0) is 12.2 Å². The highest BCUT2D eigenvalue weighted by Gasteiger charge is 1.98. The topological polar surface area (TPSA) is 26.3 Å². The maximum atomic E-state index is 10.8. The van der Waals surface area contributed by atoms with Gasteiger partial charge in [-0.3, -0.25) is 4.79 Å². The first-order valence-electron chi connectivity index (χ1n) is 5.95. The van der Waals surface area contributed by atoms with Crippen LogP contribution in [0.2, 0.25) is 0 Å². The smallest absolute Gasteiger partial charge is 0.306 e. The molecule has 15 heavy (non-hydrogen) atoms. The van der Waals surface area contributed by atoms with Gasteiger partial charge in [0.2, 0.25) is 0 Å². The molecular formula is C12H24O2S. The zero-order chi connectivity index (χ0) is 11.4. The van der Waals surface area contributed by atoms with Crippen molar-refractivity contribution in [3.05, 3.63) is 0 Å². The molecule has 90 valence electrons. The van der Waals surface area contributed by atoms with Crippen LogP contribution in [0.15, 0.2) is 0 Å². The van der Waals surface area contributed by atoms with E-state index in [0.29, 0.717) is 6.42 Å². The number of esters is 1. The third kappa shape index (κ3) is 11.7. The van der Waals surface area contributed by atoms with Gasteiger partial charge in [-0.2, -0.15) is 11.8 Å². The molecule has 0 N–H and O–H groups in total. The van der Waals surface area contributed by atoms with Gasteiger partial charge in [0.05, 0.1) is 13.5 Å². The molecule has 0 spiro atoms. The number of hydrogen-bond acceptors (Lipinski definition) is 3. The van der Waals surface area contributed by atoms with E-state index in [1.807, 2.05) is 11.8 Å². The molecule has 2 nitrogen and oxygen atoms in total. The van der Waals surface area contributed by atoms with Gasteiger partial charge in [0.15, 0.2) is 0 Å². The van der Waals surface area contributed by atoms with Crippen molar-refractivity contribution in [2.24, 2.45) is 0 Å². The first-order chi connectivity index (χ1) is 7.31. The van der Waals surface area contributed by atoms with E-state index in [-0.39, 0.29) is 5.97 Å². The van der Waals surface area contributed by atoms with Gasteiger partial charge in [0.1, 0.15) is 0 Å². The number of rotatable bonds is 10. The Balaban J connectivity index is 2.95. The lowest BCUT2D eigenvalue weighted by Crippen LogP contribution is -2.01. The SMILES string of the molecule is CCCCCCCCSCCC(=O)OC. The summed E-state index contributed by atoms with van der Waals surface area (Å²) in [4.78, 5) is 10.8. The van der Waals surface area contributed by atoms with E-state index in [1.54, 1.807) is 0 Å². The number of ether oxygens (including phenoxy) is 1. The molecule has 0 amide bonds. The van der Waals surface area contributed by atoms with Crippen molar-refractivity contribution in [1.29, 1.82) is 0 Å². The summed E-state index contributed by atoms with van der Waals surface area (Å²) in [5.41, 5.74) is 0. The van der Waals surface area contributed by atoms with Gasteiger partial charge < -0.3 is 4.74 Å². The van der Waals surface area contributed by atoms with E-state index in [0.717, 1.165) is 5.75 Å². The molecule has 0 heterocycles. The van der Waals surface area contributed by atoms with Crippen molar-refractivity contribution < 1.29 is 9.53 Å². The number of unbranched alkanes of at least 4 members (excludes halogenated alkanes) is 5. The summed E-state index contributed by atoms with van der Waals surface area (Å²) in [6, 6.07) is 0. The van der Waals surface area contributed by atoms with Crippen molar-refractivity contribution in [2.45, 2.75) is 51.9 Å². The summed E-state index contributed by atoms with van der Waals surface area (Å²) >= 11 is 1.86. The number of carbonyl (C=O) groups excluding carboxylic acids is 1. The van der Waals surface area contributed by atoms with Gasteiger partial charge in [0.25, 0.3) is 0 Å². The Morgan fingerprint density at radius 2 is 1.73 bits per heavy atom. The molecule has 0 rings (SSSR count). The minimum Gasteiger partial charge on any atom is -0.469 e. The second kappa shape index (κ2) is 11.9. The predicted molar refractivity (Wildman–Crippen MR) is 67.3 cm³/mol. The molecule has 0 aliphatic carbocycles. The Kier molecular flexibility index (Phi) is 11.7. The van der Waals surface area contributed by atoms with Gasteiger partial charge in [0, 0.05) is 5.75 Å². The van der Waals surface area contributed by atoms with Crippen LogP contribution < -0.4 is 0 Å². The van der Waals surface area contributed by atoms with Crippen molar-refractivity contribution >= 4 is 17.7 Å². The summed E-state index contributed by atoms with van der Waals surface area (Å²) in [5, 5.41) is 0. The average molecular weight is 232 g/mol. The molecule has 0 fully saturated rings. The number of hydrogen-bond donors (Lipinski definition) is 0. The summed E-state index contributed by atoms with van der Waals surface area (Å²) in [6.07, 6.45) is 8.61. The van der Waals surface area contributed by atoms with Crippen LogP contribution in [0.4, 0.5) is 0 Å². The molecule has 0 aromatic heterocycles. The van der Waals surface area contributed by atoms with E-state index < -0.39 is 0 Å². The average Bonchev–Trinajstić information content (AvgIpc) is 2.26. The molecule has 0 unspecified atom stereocenters. The Hall–Kier alpha value is -0.180. The first kappa shape index (κ1) is 14.8. The third-order valence-corrected chi connectivity index (χ3v) is 3.39. The van der Waals surface area contributed by atoms with Crippen LogP contribution in [0, 0.1) is 0 Å². The predicted octanol–water partition coefficient (Wildman–Crippen LogP) is 3.64. The van der Waals surface area contributed by atoms with E-state index in [2.05, 4.69) is 11.7 Å². The maximum Gasteiger partial charge on any atom is 0.306 e. The number of methoxy groups -OCH3 is 1. The van der Waals surface area contributed by atoms with Crippen LogP contribution in [-0.4, -0.2) is 24.6 Å². The fourth-order valence-corrected chi connectivity index (χ4v) is 2.27. The van der Waals surface area contributed by atoms with Crippen LogP contribution in [0.1, 0.15) is 51.9 Å². The lowest BCUT2D eigenvalue weighted by atomic mass is 10.1. The second-order valence-corrected chi connectivity index (χ2v) is 4.93. The highest BCUT2D eigenvalue weighted by atomic mass is 32.2. The minimum atomic E-state index is -0.0922. The largest absolute Gasteiger partial charge is 0.469 e. The molecule has 0 atom stereocenters. The van der Waals surface area contributed by atoms with Crippen LogP contribution in [0.5, 0.6) is 0 Å². The molecule has 0 aliphatic rings. The van der Waals surface area contributed by atoms with Crippen molar-refractivity contribution in [1.82, 2.24) is 0 Å². The monoisotopic (exact) mass is 232 g/mol. The fraction of sp³-hybridized carbons (Fsp3) is 0.917. The highest BCUT2D eigenvalue weighted by molar-refractivity contribution is 7.99. The lowest BCUT2D eigenvalue weighted by Gasteiger charge is -2.01. The molecule has 0 saturated heterocycles. The Bertz CT molecular complexity index is 149. The quantitative estimate of drug-likeness (QED) is 0.425. The molecule has 0 saturated carbocycles. The molecule has 0 bridgehead atoms. The van der Waals surface area contributed by atoms with Gasteiger partial charge >= 0.3 is 5.97 Å². The van der Waals surface area contributed by atoms with Gasteiger partial charge in [-0.15, -0.1) is 0 Å². The highest BCUT2D eigenvalue weighted by Crippen LogP contribution is 2.10. The zero-order valence-corrected chi connectivity index (χ0v) is 10.9. The Morgan fingerprint density at radius 1 is 1.07 bits per heavy atom. The third-order valence-electron chi connectivity index (χ3n) is 2.32. The summed E-state index contributed by atoms with van der Waals surface area (Å²) < 4.78 is 4.57.